The molecule has 0 fully saturated rings. The molecule has 0 saturated heterocycles. The molecule has 3 aromatic rings. The molecule has 0 bridgehead atoms. The van der Waals surface area contributed by atoms with Crippen LogP contribution in [-0.2, 0) is 0 Å². The fourth-order valence-electron chi connectivity index (χ4n) is 2.07. The van der Waals surface area contributed by atoms with Crippen LogP contribution in [-0.4, -0.2) is 27.2 Å². The number of amides is 1. The van der Waals surface area contributed by atoms with Crippen LogP contribution < -0.4 is 10.2 Å². The average molecular weight is 329 g/mol. The van der Waals surface area contributed by atoms with Gasteiger partial charge in [0.1, 0.15) is 5.01 Å². The molecule has 0 radical (unpaired) electrons. The molecule has 0 aliphatic rings. The molecule has 6 nitrogen and oxygen atoms in total. The van der Waals surface area contributed by atoms with Crippen molar-refractivity contribution in [3.8, 4) is 16.5 Å². The minimum Gasteiger partial charge on any atom is -0.475 e. The molecule has 0 spiro atoms. The quantitative estimate of drug-likeness (QED) is 0.567. The van der Waals surface area contributed by atoms with Crippen LogP contribution in [0.2, 0.25) is 0 Å². The summed E-state index contributed by atoms with van der Waals surface area (Å²) in [6.07, 6.45) is 1.79. The van der Waals surface area contributed by atoms with Crippen molar-refractivity contribution in [3.05, 3.63) is 42.1 Å². The summed E-state index contributed by atoms with van der Waals surface area (Å²) in [5.74, 6) is 0.0328. The Morgan fingerprint density at radius 3 is 2.78 bits per heavy atom. The number of nitrogens with zero attached hydrogens (tertiary/aromatic N) is 2. The number of pyridine rings is 1. The molecule has 3 rings (SSSR count). The van der Waals surface area contributed by atoms with Gasteiger partial charge >= 0.3 is 0 Å². The lowest BCUT2D eigenvalue weighted by Crippen LogP contribution is -2.18. The third-order valence-corrected chi connectivity index (χ3v) is 4.16. The number of benzene rings is 1. The molecule has 118 valence electrons. The van der Waals surface area contributed by atoms with E-state index in [1.165, 1.54) is 11.3 Å². The zero-order valence-electron chi connectivity index (χ0n) is 12.6. The van der Waals surface area contributed by atoms with Crippen LogP contribution in [0, 0.1) is 0 Å². The van der Waals surface area contributed by atoms with Gasteiger partial charge < -0.3 is 4.74 Å². The van der Waals surface area contributed by atoms with Crippen molar-refractivity contribution in [3.63, 3.8) is 0 Å². The van der Waals surface area contributed by atoms with E-state index in [2.05, 4.69) is 9.97 Å². The summed E-state index contributed by atoms with van der Waals surface area (Å²) in [5, 5.41) is 9.51. The Morgan fingerprint density at radius 2 is 2.13 bits per heavy atom. The number of hydrogen-bond donors (Lipinski definition) is 2. The maximum Gasteiger partial charge on any atom is 0.274 e. The molecule has 2 N–H and O–H groups in total. The topological polar surface area (TPSA) is 84.3 Å². The predicted octanol–water partition coefficient (Wildman–Crippen LogP) is 3.26. The Kier molecular flexibility index (Phi) is 4.22. The molecule has 0 aliphatic carbocycles. The zero-order chi connectivity index (χ0) is 16.4. The predicted molar refractivity (Wildman–Crippen MR) is 87.9 cm³/mol. The van der Waals surface area contributed by atoms with Crippen molar-refractivity contribution >= 4 is 27.5 Å². The summed E-state index contributed by atoms with van der Waals surface area (Å²) < 4.78 is 6.39. The normalized spacial score (nSPS) is 11.0. The number of rotatable bonds is 4. The Hall–Kier alpha value is -2.51. The van der Waals surface area contributed by atoms with E-state index in [0.717, 1.165) is 20.8 Å². The van der Waals surface area contributed by atoms with Crippen molar-refractivity contribution in [1.82, 2.24) is 15.4 Å². The molecular weight excluding hydrogens is 314 g/mol. The molecule has 0 atom stereocenters. The van der Waals surface area contributed by atoms with Gasteiger partial charge in [0, 0.05) is 23.4 Å². The summed E-state index contributed by atoms with van der Waals surface area (Å²) in [5.41, 5.74) is 3.69. The number of carbonyl (C=O) groups excluding carboxylic acids is 1. The van der Waals surface area contributed by atoms with E-state index in [1.807, 2.05) is 26.0 Å². The van der Waals surface area contributed by atoms with Gasteiger partial charge in [0.25, 0.3) is 5.91 Å². The molecular formula is C16H15N3O3S. The first-order valence-electron chi connectivity index (χ1n) is 7.05. The van der Waals surface area contributed by atoms with Gasteiger partial charge in [-0.15, -0.1) is 11.3 Å². The molecule has 1 aromatic carbocycles. The molecule has 23 heavy (non-hydrogen) atoms. The van der Waals surface area contributed by atoms with Crippen LogP contribution in [0.3, 0.4) is 0 Å². The third-order valence-electron chi connectivity index (χ3n) is 3.09. The fourth-order valence-corrected chi connectivity index (χ4v) is 3.07. The van der Waals surface area contributed by atoms with Crippen molar-refractivity contribution < 1.29 is 14.7 Å². The molecule has 7 heteroatoms. The number of hydrogen-bond acceptors (Lipinski definition) is 6. The van der Waals surface area contributed by atoms with E-state index < -0.39 is 5.91 Å². The van der Waals surface area contributed by atoms with Gasteiger partial charge in [0.05, 0.1) is 16.3 Å². The van der Waals surface area contributed by atoms with Crippen molar-refractivity contribution in [2.24, 2.45) is 0 Å². The average Bonchev–Trinajstić information content (AvgIpc) is 2.97. The van der Waals surface area contributed by atoms with Crippen molar-refractivity contribution in [2.45, 2.75) is 20.0 Å². The second-order valence-corrected chi connectivity index (χ2v) is 6.22. The number of ether oxygens (including phenoxy) is 1. The maximum absolute atomic E-state index is 11.5. The van der Waals surface area contributed by atoms with Crippen molar-refractivity contribution in [1.29, 1.82) is 0 Å². The Bertz CT molecular complexity index is 843. The van der Waals surface area contributed by atoms with Gasteiger partial charge in [0.15, 0.2) is 0 Å². The summed E-state index contributed by atoms with van der Waals surface area (Å²) in [7, 11) is 0. The first-order chi connectivity index (χ1) is 11.1. The van der Waals surface area contributed by atoms with Gasteiger partial charge in [-0.3, -0.25) is 10.0 Å². The molecule has 2 aromatic heterocycles. The first kappa shape index (κ1) is 15.4. The van der Waals surface area contributed by atoms with E-state index in [9.17, 15) is 4.79 Å². The number of hydroxylamine groups is 1. The number of fused-ring (bicyclic) bond motifs is 1. The summed E-state index contributed by atoms with van der Waals surface area (Å²) in [6.45, 7) is 3.90. The number of aromatic nitrogens is 2. The Balaban J connectivity index is 1.92. The smallest absolute Gasteiger partial charge is 0.274 e. The lowest BCUT2D eigenvalue weighted by molar-refractivity contribution is 0.0706. The van der Waals surface area contributed by atoms with Gasteiger partial charge in [-0.2, -0.15) is 0 Å². The van der Waals surface area contributed by atoms with Crippen LogP contribution in [0.1, 0.15) is 24.2 Å². The Labute approximate surface area is 136 Å². The van der Waals surface area contributed by atoms with Crippen LogP contribution >= 0.6 is 11.3 Å². The van der Waals surface area contributed by atoms with Crippen LogP contribution in [0.15, 0.2) is 36.5 Å². The van der Waals surface area contributed by atoms with E-state index in [0.29, 0.717) is 11.4 Å². The highest BCUT2D eigenvalue weighted by Gasteiger charge is 2.11. The largest absolute Gasteiger partial charge is 0.475 e. The molecule has 0 saturated carbocycles. The first-order valence-corrected chi connectivity index (χ1v) is 7.86. The molecule has 0 unspecified atom stereocenters. The minimum absolute atomic E-state index is 0.0758. The van der Waals surface area contributed by atoms with E-state index >= 15 is 0 Å². The number of thiazole rings is 1. The van der Waals surface area contributed by atoms with Gasteiger partial charge in [-0.05, 0) is 38.1 Å². The lowest BCUT2D eigenvalue weighted by Gasteiger charge is -2.07. The third kappa shape index (κ3) is 3.30. The van der Waals surface area contributed by atoms with Gasteiger partial charge in [-0.1, -0.05) is 0 Å². The molecule has 1 amide bonds. The maximum atomic E-state index is 11.5. The van der Waals surface area contributed by atoms with Gasteiger partial charge in [0.2, 0.25) is 5.88 Å². The van der Waals surface area contributed by atoms with E-state index in [1.54, 1.807) is 29.9 Å². The highest BCUT2D eigenvalue weighted by atomic mass is 32.1. The van der Waals surface area contributed by atoms with Crippen LogP contribution in [0.4, 0.5) is 0 Å². The SMILES string of the molecule is CC(C)Oc1ccc(-c2nc3ccc(C(=O)NO)cc3s2)cn1. The lowest BCUT2D eigenvalue weighted by atomic mass is 10.2. The monoisotopic (exact) mass is 329 g/mol. The standard InChI is InChI=1S/C16H15N3O3S/c1-9(2)22-14-6-4-11(8-17-14)16-18-12-5-3-10(15(20)19-21)7-13(12)23-16/h3-9,21H,1-2H3,(H,19,20). The number of carbonyl (C=O) groups is 1. The molecule has 2 heterocycles. The fraction of sp³-hybridized carbons (Fsp3) is 0.188. The minimum atomic E-state index is -0.543. The van der Waals surface area contributed by atoms with Gasteiger partial charge in [-0.25, -0.2) is 15.4 Å². The second kappa shape index (κ2) is 6.31. The second-order valence-electron chi connectivity index (χ2n) is 5.19. The number of nitrogens with one attached hydrogen (secondary N) is 1. The highest BCUT2D eigenvalue weighted by Crippen LogP contribution is 2.31. The van der Waals surface area contributed by atoms with E-state index in [4.69, 9.17) is 9.94 Å². The summed E-state index contributed by atoms with van der Waals surface area (Å²) in [4.78, 5) is 20.3. The van der Waals surface area contributed by atoms with Crippen LogP contribution in [0.25, 0.3) is 20.8 Å². The Morgan fingerprint density at radius 1 is 1.30 bits per heavy atom. The van der Waals surface area contributed by atoms with E-state index in [-0.39, 0.29) is 6.10 Å². The zero-order valence-corrected chi connectivity index (χ0v) is 13.4. The summed E-state index contributed by atoms with van der Waals surface area (Å²) in [6, 6.07) is 8.79. The highest BCUT2D eigenvalue weighted by molar-refractivity contribution is 7.21. The molecule has 0 aliphatic heterocycles. The summed E-state index contributed by atoms with van der Waals surface area (Å²) >= 11 is 1.46. The van der Waals surface area contributed by atoms with Crippen LogP contribution in [0.5, 0.6) is 5.88 Å². The van der Waals surface area contributed by atoms with Crippen molar-refractivity contribution in [2.75, 3.05) is 0 Å².